The van der Waals surface area contributed by atoms with E-state index in [0.717, 1.165) is 0 Å². The average molecular weight is 473 g/mol. The fourth-order valence-electron chi connectivity index (χ4n) is 3.95. The lowest BCUT2D eigenvalue weighted by atomic mass is 9.79. The highest BCUT2D eigenvalue weighted by molar-refractivity contribution is 6.19. The van der Waals surface area contributed by atoms with Crippen LogP contribution in [0.2, 0.25) is 0 Å². The Morgan fingerprint density at radius 3 is 2.09 bits per heavy atom. The number of ketones is 1. The van der Waals surface area contributed by atoms with Crippen molar-refractivity contribution in [1.29, 1.82) is 5.41 Å². The van der Waals surface area contributed by atoms with Gasteiger partial charge in [-0.2, -0.15) is 0 Å². The van der Waals surface area contributed by atoms with E-state index in [0.29, 0.717) is 11.1 Å². The molecule has 180 valence electrons. The van der Waals surface area contributed by atoms with Crippen LogP contribution in [0.4, 0.5) is 0 Å². The standard InChI is InChI=1S/C27H28N4O4/c1-2-35-26(34)27(22-14-7-4-8-15-22,24(33)20-12-9-13-21(16-20)25(29)30)31(23(32)17-28)18-19-10-5-3-6-11-19/h3-16H,2,17-18,28H2,1H3,(H3,29,30)/t27-/m1/s1. The molecule has 1 atom stereocenters. The van der Waals surface area contributed by atoms with Gasteiger partial charge in [0.25, 0.3) is 0 Å². The summed E-state index contributed by atoms with van der Waals surface area (Å²) >= 11 is 0. The summed E-state index contributed by atoms with van der Waals surface area (Å²) in [6.07, 6.45) is 0. The molecule has 0 unspecified atom stereocenters. The van der Waals surface area contributed by atoms with E-state index < -0.39 is 29.7 Å². The minimum absolute atomic E-state index is 0.00975. The van der Waals surface area contributed by atoms with Crippen LogP contribution in [0.5, 0.6) is 0 Å². The lowest BCUT2D eigenvalue weighted by Crippen LogP contribution is -2.61. The highest BCUT2D eigenvalue weighted by atomic mass is 16.5. The number of hydrogen-bond donors (Lipinski definition) is 3. The summed E-state index contributed by atoms with van der Waals surface area (Å²) in [7, 11) is 0. The number of esters is 1. The Hall–Kier alpha value is -4.30. The minimum Gasteiger partial charge on any atom is -0.464 e. The Morgan fingerprint density at radius 1 is 0.914 bits per heavy atom. The molecule has 8 nitrogen and oxygen atoms in total. The lowest BCUT2D eigenvalue weighted by molar-refractivity contribution is -0.161. The van der Waals surface area contributed by atoms with Crippen LogP contribution in [0.15, 0.2) is 84.9 Å². The van der Waals surface area contributed by atoms with E-state index in [-0.39, 0.29) is 30.1 Å². The van der Waals surface area contributed by atoms with Gasteiger partial charge in [0.2, 0.25) is 17.2 Å². The molecule has 0 saturated carbocycles. The summed E-state index contributed by atoms with van der Waals surface area (Å²) in [5.74, 6) is -2.44. The molecular weight excluding hydrogens is 444 g/mol. The summed E-state index contributed by atoms with van der Waals surface area (Å²) in [6, 6.07) is 23.4. The molecule has 3 rings (SSSR count). The summed E-state index contributed by atoms with van der Waals surface area (Å²) in [4.78, 5) is 42.7. The molecular formula is C27H28N4O4. The van der Waals surface area contributed by atoms with E-state index in [4.69, 9.17) is 21.6 Å². The van der Waals surface area contributed by atoms with Gasteiger partial charge in [0, 0.05) is 17.7 Å². The third kappa shape index (κ3) is 5.12. The lowest BCUT2D eigenvalue weighted by Gasteiger charge is -2.41. The molecule has 0 spiro atoms. The molecule has 5 N–H and O–H groups in total. The quantitative estimate of drug-likeness (QED) is 0.136. The van der Waals surface area contributed by atoms with E-state index in [1.54, 1.807) is 73.7 Å². The maximum Gasteiger partial charge on any atom is 0.345 e. The zero-order chi connectivity index (χ0) is 25.4. The normalized spacial score (nSPS) is 12.3. The van der Waals surface area contributed by atoms with Crippen LogP contribution >= 0.6 is 0 Å². The number of ether oxygens (including phenoxy) is 1. The van der Waals surface area contributed by atoms with Crippen molar-refractivity contribution in [2.45, 2.75) is 19.0 Å². The molecule has 0 saturated heterocycles. The van der Waals surface area contributed by atoms with Gasteiger partial charge in [0.1, 0.15) is 5.84 Å². The summed E-state index contributed by atoms with van der Waals surface area (Å²) < 4.78 is 5.43. The van der Waals surface area contributed by atoms with Crippen molar-refractivity contribution in [2.75, 3.05) is 13.2 Å². The molecule has 8 heteroatoms. The fraction of sp³-hybridized carbons (Fsp3) is 0.185. The molecule has 3 aromatic carbocycles. The van der Waals surface area contributed by atoms with Crippen molar-refractivity contribution in [3.63, 3.8) is 0 Å². The van der Waals surface area contributed by atoms with Crippen molar-refractivity contribution < 1.29 is 19.1 Å². The average Bonchev–Trinajstić information content (AvgIpc) is 2.89. The number of carbonyl (C=O) groups is 3. The number of rotatable bonds is 10. The first-order valence-corrected chi connectivity index (χ1v) is 11.1. The van der Waals surface area contributed by atoms with E-state index >= 15 is 0 Å². The Bertz CT molecular complexity index is 1210. The Kier molecular flexibility index (Phi) is 8.12. The molecule has 1 amide bonds. The van der Waals surface area contributed by atoms with Crippen LogP contribution in [0.1, 0.15) is 34.0 Å². The van der Waals surface area contributed by atoms with Gasteiger partial charge in [-0.25, -0.2) is 4.79 Å². The van der Waals surface area contributed by atoms with Crippen molar-refractivity contribution in [1.82, 2.24) is 4.90 Å². The third-order valence-electron chi connectivity index (χ3n) is 5.59. The molecule has 0 aliphatic carbocycles. The number of nitrogens with two attached hydrogens (primary N) is 2. The monoisotopic (exact) mass is 472 g/mol. The first-order valence-electron chi connectivity index (χ1n) is 11.1. The molecule has 0 aromatic heterocycles. The number of carbonyl (C=O) groups excluding carboxylic acids is 3. The summed E-state index contributed by atoms with van der Waals surface area (Å²) in [5, 5.41) is 7.77. The third-order valence-corrected chi connectivity index (χ3v) is 5.59. The van der Waals surface area contributed by atoms with Crippen LogP contribution < -0.4 is 11.5 Å². The minimum atomic E-state index is -2.17. The number of hydrogen-bond acceptors (Lipinski definition) is 6. The number of Topliss-reactive ketones (excluding diaryl/α,β-unsaturated/α-hetero) is 1. The van der Waals surface area contributed by atoms with Gasteiger partial charge < -0.3 is 21.1 Å². The zero-order valence-corrected chi connectivity index (χ0v) is 19.4. The van der Waals surface area contributed by atoms with Crippen molar-refractivity contribution in [2.24, 2.45) is 11.5 Å². The summed E-state index contributed by atoms with van der Waals surface area (Å²) in [6.45, 7) is 1.12. The molecule has 0 fully saturated rings. The number of amidine groups is 1. The largest absolute Gasteiger partial charge is 0.464 e. The van der Waals surface area contributed by atoms with Gasteiger partial charge >= 0.3 is 5.97 Å². The molecule has 35 heavy (non-hydrogen) atoms. The van der Waals surface area contributed by atoms with E-state index in [9.17, 15) is 14.4 Å². The molecule has 3 aromatic rings. The zero-order valence-electron chi connectivity index (χ0n) is 19.4. The van der Waals surface area contributed by atoms with Crippen molar-refractivity contribution in [3.05, 3.63) is 107 Å². The molecule has 0 bridgehead atoms. The molecule has 0 radical (unpaired) electrons. The van der Waals surface area contributed by atoms with Crippen LogP contribution in [0.3, 0.4) is 0 Å². The number of benzene rings is 3. The van der Waals surface area contributed by atoms with Gasteiger partial charge in [-0.15, -0.1) is 0 Å². The highest BCUT2D eigenvalue weighted by Gasteiger charge is 2.55. The maximum absolute atomic E-state index is 14.4. The SMILES string of the molecule is CCOC(=O)[C@](C(=O)c1cccc(C(=N)N)c1)(c1ccccc1)N(Cc1ccccc1)C(=O)CN. The molecule has 0 aliphatic rings. The second-order valence-corrected chi connectivity index (χ2v) is 7.79. The van der Waals surface area contributed by atoms with Crippen LogP contribution in [-0.2, 0) is 26.4 Å². The van der Waals surface area contributed by atoms with Crippen molar-refractivity contribution in [3.8, 4) is 0 Å². The second-order valence-electron chi connectivity index (χ2n) is 7.79. The number of nitrogens with zero attached hydrogens (tertiary/aromatic N) is 1. The van der Waals surface area contributed by atoms with Crippen LogP contribution in [0, 0.1) is 5.41 Å². The van der Waals surface area contributed by atoms with Crippen LogP contribution in [-0.4, -0.2) is 41.5 Å². The van der Waals surface area contributed by atoms with Crippen LogP contribution in [0.25, 0.3) is 0 Å². The van der Waals surface area contributed by atoms with Gasteiger partial charge in [-0.1, -0.05) is 78.9 Å². The smallest absolute Gasteiger partial charge is 0.345 e. The Balaban J connectivity index is 2.35. The highest BCUT2D eigenvalue weighted by Crippen LogP contribution is 2.36. The van der Waals surface area contributed by atoms with E-state index in [1.807, 2.05) is 6.07 Å². The first kappa shape index (κ1) is 25.3. The van der Waals surface area contributed by atoms with E-state index in [2.05, 4.69) is 0 Å². The predicted octanol–water partition coefficient (Wildman–Crippen LogP) is 2.60. The first-order chi connectivity index (χ1) is 16.9. The fourth-order valence-corrected chi connectivity index (χ4v) is 3.95. The number of amides is 1. The molecule has 0 aliphatic heterocycles. The Labute approximate surface area is 204 Å². The summed E-state index contributed by atoms with van der Waals surface area (Å²) in [5.41, 5.74) is 10.6. The number of nitrogen functional groups attached to an aromatic ring is 1. The maximum atomic E-state index is 14.4. The van der Waals surface area contributed by atoms with Crippen molar-refractivity contribution >= 4 is 23.5 Å². The number of nitrogens with one attached hydrogen (secondary N) is 1. The van der Waals surface area contributed by atoms with E-state index in [1.165, 1.54) is 17.0 Å². The molecule has 0 heterocycles. The topological polar surface area (TPSA) is 140 Å². The van der Waals surface area contributed by atoms with Gasteiger partial charge in [-0.3, -0.25) is 15.0 Å². The van der Waals surface area contributed by atoms with Gasteiger partial charge in [-0.05, 0) is 24.1 Å². The Morgan fingerprint density at radius 2 is 1.51 bits per heavy atom. The van der Waals surface area contributed by atoms with Gasteiger partial charge in [0.05, 0.1) is 13.2 Å². The second kappa shape index (κ2) is 11.2. The van der Waals surface area contributed by atoms with Gasteiger partial charge in [0.15, 0.2) is 0 Å². The predicted molar refractivity (Wildman–Crippen MR) is 133 cm³/mol.